The van der Waals surface area contributed by atoms with Crippen LogP contribution < -0.4 is 5.32 Å². The third-order valence-corrected chi connectivity index (χ3v) is 3.75. The Labute approximate surface area is 124 Å². The summed E-state index contributed by atoms with van der Waals surface area (Å²) in [5.41, 5.74) is 0.709. The molecular formula is C16H21NO4. The van der Waals surface area contributed by atoms with Gasteiger partial charge in [0.1, 0.15) is 0 Å². The van der Waals surface area contributed by atoms with Crippen LogP contribution in [0, 0.1) is 5.92 Å². The second kappa shape index (κ2) is 7.78. The lowest BCUT2D eigenvalue weighted by molar-refractivity contribution is -0.116. The highest BCUT2D eigenvalue weighted by atomic mass is 16.5. The van der Waals surface area contributed by atoms with Gasteiger partial charge < -0.3 is 15.2 Å². The van der Waals surface area contributed by atoms with E-state index < -0.39 is 5.97 Å². The molecule has 5 nitrogen and oxygen atoms in total. The number of carboxylic acid groups (broad SMARTS) is 1. The lowest BCUT2D eigenvalue weighted by Crippen LogP contribution is -2.17. The molecule has 0 atom stereocenters. The molecule has 0 saturated carbocycles. The number of carboxylic acids is 1. The molecule has 1 amide bonds. The minimum Gasteiger partial charge on any atom is -0.478 e. The van der Waals surface area contributed by atoms with Crippen molar-refractivity contribution in [2.24, 2.45) is 5.92 Å². The summed E-state index contributed by atoms with van der Waals surface area (Å²) in [6.07, 6.45) is 4.54. The third-order valence-electron chi connectivity index (χ3n) is 3.75. The average Bonchev–Trinajstić information content (AvgIpc) is 2.48. The fourth-order valence-corrected chi connectivity index (χ4v) is 2.54. The Bertz CT molecular complexity index is 495. The molecule has 5 heteroatoms. The molecule has 1 aromatic rings. The zero-order valence-corrected chi connectivity index (χ0v) is 12.0. The Balaban J connectivity index is 1.73. The quantitative estimate of drug-likeness (QED) is 0.845. The van der Waals surface area contributed by atoms with Gasteiger partial charge >= 0.3 is 5.97 Å². The Morgan fingerprint density at radius 2 is 2.05 bits per heavy atom. The van der Waals surface area contributed by atoms with Gasteiger partial charge in [-0.3, -0.25) is 4.79 Å². The van der Waals surface area contributed by atoms with Crippen molar-refractivity contribution in [2.75, 3.05) is 18.5 Å². The summed E-state index contributed by atoms with van der Waals surface area (Å²) in [5, 5.41) is 11.7. The molecule has 0 aromatic heterocycles. The van der Waals surface area contributed by atoms with Crippen LogP contribution in [0.4, 0.5) is 5.69 Å². The van der Waals surface area contributed by atoms with Gasteiger partial charge in [0.25, 0.3) is 0 Å². The van der Waals surface area contributed by atoms with E-state index in [4.69, 9.17) is 9.84 Å². The van der Waals surface area contributed by atoms with Gasteiger partial charge in [-0.15, -0.1) is 0 Å². The van der Waals surface area contributed by atoms with Crippen LogP contribution in [0.1, 0.15) is 42.5 Å². The molecule has 0 aliphatic carbocycles. The summed E-state index contributed by atoms with van der Waals surface area (Å²) in [5.74, 6) is -0.392. The van der Waals surface area contributed by atoms with Crippen molar-refractivity contribution in [3.63, 3.8) is 0 Å². The molecule has 0 spiro atoms. The average molecular weight is 291 g/mol. The first-order chi connectivity index (χ1) is 10.1. The van der Waals surface area contributed by atoms with Crippen LogP contribution in [0.3, 0.4) is 0 Å². The summed E-state index contributed by atoms with van der Waals surface area (Å²) in [6.45, 7) is 1.66. The van der Waals surface area contributed by atoms with Crippen LogP contribution in [0.25, 0.3) is 0 Å². The van der Waals surface area contributed by atoms with Crippen LogP contribution in [0.15, 0.2) is 24.3 Å². The highest BCUT2D eigenvalue weighted by Gasteiger charge is 2.14. The summed E-state index contributed by atoms with van der Waals surface area (Å²) >= 11 is 0. The van der Waals surface area contributed by atoms with Gasteiger partial charge in [0.15, 0.2) is 0 Å². The molecule has 2 rings (SSSR count). The van der Waals surface area contributed by atoms with Crippen LogP contribution in [0.5, 0.6) is 0 Å². The van der Waals surface area contributed by atoms with Gasteiger partial charge in [0.2, 0.25) is 5.91 Å². The molecule has 1 aromatic carbocycles. The molecule has 21 heavy (non-hydrogen) atoms. The summed E-state index contributed by atoms with van der Waals surface area (Å²) in [4.78, 5) is 22.7. The van der Waals surface area contributed by atoms with E-state index in [9.17, 15) is 9.59 Å². The van der Waals surface area contributed by atoms with Crippen LogP contribution in [-0.2, 0) is 9.53 Å². The molecule has 1 aliphatic rings. The normalized spacial score (nSPS) is 15.6. The number of carbonyl (C=O) groups excluding carboxylic acids is 1. The number of rotatable bonds is 6. The van der Waals surface area contributed by atoms with Gasteiger partial charge in [0, 0.05) is 25.3 Å². The smallest absolute Gasteiger partial charge is 0.335 e. The SMILES string of the molecule is O=C(CCCC1CCOCC1)Nc1cccc(C(=O)O)c1. The van der Waals surface area contributed by atoms with Crippen LogP contribution >= 0.6 is 0 Å². The molecular weight excluding hydrogens is 270 g/mol. The van der Waals surface area contributed by atoms with Crippen molar-refractivity contribution in [2.45, 2.75) is 32.1 Å². The van der Waals surface area contributed by atoms with E-state index in [1.165, 1.54) is 12.1 Å². The zero-order valence-electron chi connectivity index (χ0n) is 12.0. The molecule has 0 bridgehead atoms. The minimum absolute atomic E-state index is 0.0652. The molecule has 1 heterocycles. The van der Waals surface area contributed by atoms with Crippen molar-refractivity contribution < 1.29 is 19.4 Å². The summed E-state index contributed by atoms with van der Waals surface area (Å²) < 4.78 is 5.31. The van der Waals surface area contributed by atoms with E-state index in [2.05, 4.69) is 5.32 Å². The molecule has 1 aliphatic heterocycles. The van der Waals surface area contributed by atoms with E-state index >= 15 is 0 Å². The largest absolute Gasteiger partial charge is 0.478 e. The minimum atomic E-state index is -0.995. The van der Waals surface area contributed by atoms with Crippen LogP contribution in [0.2, 0.25) is 0 Å². The number of aromatic carboxylic acids is 1. The fraction of sp³-hybridized carbons (Fsp3) is 0.500. The lowest BCUT2D eigenvalue weighted by atomic mass is 9.94. The maximum absolute atomic E-state index is 11.9. The van der Waals surface area contributed by atoms with Gasteiger partial charge in [-0.2, -0.15) is 0 Å². The van der Waals surface area contributed by atoms with E-state index in [0.29, 0.717) is 18.0 Å². The summed E-state index contributed by atoms with van der Waals surface area (Å²) in [6, 6.07) is 6.30. The highest BCUT2D eigenvalue weighted by Crippen LogP contribution is 2.21. The Morgan fingerprint density at radius 3 is 2.76 bits per heavy atom. The van der Waals surface area contributed by atoms with Crippen molar-refractivity contribution in [3.8, 4) is 0 Å². The first kappa shape index (κ1) is 15.5. The van der Waals surface area contributed by atoms with Crippen molar-refractivity contribution in [1.82, 2.24) is 0 Å². The standard InChI is InChI=1S/C16H21NO4/c18-15(6-1-3-12-7-9-21-10-8-12)17-14-5-2-4-13(11-14)16(19)20/h2,4-5,11-12H,1,3,6-10H2,(H,17,18)(H,19,20). The van der Waals surface area contributed by atoms with E-state index in [0.717, 1.165) is 38.9 Å². The number of carbonyl (C=O) groups is 2. The molecule has 0 radical (unpaired) electrons. The van der Waals surface area contributed by atoms with Crippen molar-refractivity contribution in [3.05, 3.63) is 29.8 Å². The Kier molecular flexibility index (Phi) is 5.75. The van der Waals surface area contributed by atoms with Gasteiger partial charge in [-0.1, -0.05) is 6.07 Å². The zero-order chi connectivity index (χ0) is 15.1. The predicted octanol–water partition coefficient (Wildman–Crippen LogP) is 2.92. The summed E-state index contributed by atoms with van der Waals surface area (Å²) in [7, 11) is 0. The van der Waals surface area contributed by atoms with E-state index in [1.54, 1.807) is 12.1 Å². The monoisotopic (exact) mass is 291 g/mol. The fourth-order valence-electron chi connectivity index (χ4n) is 2.54. The predicted molar refractivity (Wildman–Crippen MR) is 79.4 cm³/mol. The lowest BCUT2D eigenvalue weighted by Gasteiger charge is -2.21. The van der Waals surface area contributed by atoms with E-state index in [1.807, 2.05) is 0 Å². The van der Waals surface area contributed by atoms with Crippen molar-refractivity contribution >= 4 is 17.6 Å². The maximum atomic E-state index is 11.9. The van der Waals surface area contributed by atoms with Crippen molar-refractivity contribution in [1.29, 1.82) is 0 Å². The number of benzene rings is 1. The van der Waals surface area contributed by atoms with Gasteiger partial charge in [-0.05, 0) is 49.8 Å². The van der Waals surface area contributed by atoms with E-state index in [-0.39, 0.29) is 11.5 Å². The van der Waals surface area contributed by atoms with Gasteiger partial charge in [0.05, 0.1) is 5.56 Å². The number of hydrogen-bond acceptors (Lipinski definition) is 3. The maximum Gasteiger partial charge on any atom is 0.335 e. The first-order valence-corrected chi connectivity index (χ1v) is 7.36. The second-order valence-corrected chi connectivity index (χ2v) is 5.38. The third kappa shape index (κ3) is 5.19. The molecule has 1 saturated heterocycles. The van der Waals surface area contributed by atoms with Crippen LogP contribution in [-0.4, -0.2) is 30.2 Å². The number of anilines is 1. The molecule has 0 unspecified atom stereocenters. The number of amides is 1. The number of hydrogen-bond donors (Lipinski definition) is 2. The Hall–Kier alpha value is -1.88. The molecule has 2 N–H and O–H groups in total. The molecule has 114 valence electrons. The molecule has 1 fully saturated rings. The van der Waals surface area contributed by atoms with Gasteiger partial charge in [-0.25, -0.2) is 4.79 Å². The highest BCUT2D eigenvalue weighted by molar-refractivity contribution is 5.93. The first-order valence-electron chi connectivity index (χ1n) is 7.36. The second-order valence-electron chi connectivity index (χ2n) is 5.38. The Morgan fingerprint density at radius 1 is 1.29 bits per heavy atom. The topological polar surface area (TPSA) is 75.6 Å². The number of nitrogens with one attached hydrogen (secondary N) is 1. The number of ether oxygens (including phenoxy) is 1.